The van der Waals surface area contributed by atoms with E-state index in [2.05, 4.69) is 4.72 Å². The fourth-order valence-corrected chi connectivity index (χ4v) is 5.45. The van der Waals surface area contributed by atoms with Gasteiger partial charge in [0.2, 0.25) is 10.0 Å². The number of carbonyl (C=O) groups is 1. The Morgan fingerprint density at radius 2 is 2.17 bits per heavy atom. The van der Waals surface area contributed by atoms with E-state index >= 15 is 0 Å². The van der Waals surface area contributed by atoms with Crippen LogP contribution in [0, 0.1) is 11.8 Å². The summed E-state index contributed by atoms with van der Waals surface area (Å²) in [6.45, 7) is 1.85. The van der Waals surface area contributed by atoms with E-state index in [1.807, 2.05) is 6.92 Å². The number of anilines is 1. The van der Waals surface area contributed by atoms with Crippen molar-refractivity contribution in [2.24, 2.45) is 11.8 Å². The Labute approximate surface area is 134 Å². The van der Waals surface area contributed by atoms with Crippen LogP contribution in [0.25, 0.3) is 0 Å². The minimum atomic E-state index is -3.32. The highest BCUT2D eigenvalue weighted by molar-refractivity contribution is 7.92. The van der Waals surface area contributed by atoms with Gasteiger partial charge in [-0.3, -0.25) is 4.72 Å². The third-order valence-corrected chi connectivity index (χ3v) is 6.62. The number of hydrogen-bond donors (Lipinski definition) is 2. The van der Waals surface area contributed by atoms with Crippen molar-refractivity contribution in [2.75, 3.05) is 4.72 Å². The quantitative estimate of drug-likeness (QED) is 0.801. The van der Waals surface area contributed by atoms with E-state index in [-0.39, 0.29) is 23.7 Å². The van der Waals surface area contributed by atoms with Gasteiger partial charge < -0.3 is 9.84 Å². The molecule has 7 heteroatoms. The lowest BCUT2D eigenvalue weighted by atomic mass is 9.84. The maximum atomic E-state index is 12.3. The maximum absolute atomic E-state index is 12.3. The zero-order valence-corrected chi connectivity index (χ0v) is 13.6. The van der Waals surface area contributed by atoms with Crippen LogP contribution < -0.4 is 4.72 Å². The third-order valence-electron chi connectivity index (χ3n) is 5.40. The number of sulfonamides is 1. The summed E-state index contributed by atoms with van der Waals surface area (Å²) in [5, 5.41) is 10.2. The van der Waals surface area contributed by atoms with E-state index in [4.69, 9.17) is 4.74 Å². The van der Waals surface area contributed by atoms with E-state index < -0.39 is 21.6 Å². The van der Waals surface area contributed by atoms with Crippen LogP contribution in [0.4, 0.5) is 5.69 Å². The smallest absolute Gasteiger partial charge is 0.338 e. The lowest BCUT2D eigenvalue weighted by Gasteiger charge is -2.32. The molecule has 0 saturated heterocycles. The van der Waals surface area contributed by atoms with E-state index in [9.17, 15) is 18.3 Å². The number of benzene rings is 1. The van der Waals surface area contributed by atoms with Crippen LogP contribution in [-0.4, -0.2) is 31.2 Å². The van der Waals surface area contributed by atoms with E-state index in [0.717, 1.165) is 6.42 Å². The molecule has 1 aromatic rings. The lowest BCUT2D eigenvalue weighted by Crippen LogP contribution is -2.37. The fraction of sp³-hybridized carbons (Fsp3) is 0.562. The minimum Gasteiger partial charge on any atom is -0.458 e. The Morgan fingerprint density at radius 1 is 1.39 bits per heavy atom. The first-order valence-corrected chi connectivity index (χ1v) is 9.45. The zero-order chi connectivity index (χ0) is 16.4. The summed E-state index contributed by atoms with van der Waals surface area (Å²) in [5.74, 6) is -0.0841. The second-order valence-electron chi connectivity index (χ2n) is 7.17. The molecule has 2 bridgehead atoms. The van der Waals surface area contributed by atoms with Crippen LogP contribution in [0.5, 0.6) is 0 Å². The average molecular weight is 337 g/mol. The van der Waals surface area contributed by atoms with Gasteiger partial charge in [0.1, 0.15) is 6.10 Å². The molecular formula is C16H19NO5S. The summed E-state index contributed by atoms with van der Waals surface area (Å²) >= 11 is 0. The fourth-order valence-electron chi connectivity index (χ4n) is 4.19. The number of hydrogen-bond acceptors (Lipinski definition) is 5. The Morgan fingerprint density at radius 3 is 2.83 bits per heavy atom. The average Bonchev–Trinajstić information content (AvgIpc) is 3.05. The van der Waals surface area contributed by atoms with E-state index in [0.29, 0.717) is 29.7 Å². The largest absolute Gasteiger partial charge is 0.458 e. The van der Waals surface area contributed by atoms with Crippen LogP contribution in [0.1, 0.15) is 42.1 Å². The monoisotopic (exact) mass is 337 g/mol. The Balaban J connectivity index is 1.48. The van der Waals surface area contributed by atoms with Crippen LogP contribution in [0.2, 0.25) is 0 Å². The predicted octanol–water partition coefficient (Wildman–Crippen LogP) is 1.65. The number of fused-ring (bicyclic) bond motifs is 3. The Bertz CT molecular complexity index is 786. The van der Waals surface area contributed by atoms with Crippen molar-refractivity contribution >= 4 is 21.7 Å². The van der Waals surface area contributed by atoms with Crippen LogP contribution in [-0.2, 0) is 20.5 Å². The second kappa shape index (κ2) is 4.70. The molecule has 0 spiro atoms. The summed E-state index contributed by atoms with van der Waals surface area (Å²) in [5.41, 5.74) is 0.829. The molecule has 4 atom stereocenters. The van der Waals surface area contributed by atoms with E-state index in [1.165, 1.54) is 6.07 Å². The summed E-state index contributed by atoms with van der Waals surface area (Å²) in [7, 11) is -3.32. The number of esters is 1. The van der Waals surface area contributed by atoms with Gasteiger partial charge >= 0.3 is 5.97 Å². The predicted molar refractivity (Wildman–Crippen MR) is 83.3 cm³/mol. The summed E-state index contributed by atoms with van der Waals surface area (Å²) < 4.78 is 31.1. The molecule has 3 aliphatic rings. The van der Waals surface area contributed by atoms with Crippen molar-refractivity contribution in [3.05, 3.63) is 29.3 Å². The van der Waals surface area contributed by atoms with Crippen molar-refractivity contribution in [1.29, 1.82) is 0 Å². The third kappa shape index (κ3) is 2.52. The van der Waals surface area contributed by atoms with Crippen molar-refractivity contribution < 1.29 is 23.1 Å². The molecule has 1 aromatic carbocycles. The van der Waals surface area contributed by atoms with Crippen LogP contribution in [0.15, 0.2) is 18.2 Å². The highest BCUT2D eigenvalue weighted by Gasteiger charge is 2.53. The molecule has 2 saturated carbocycles. The molecule has 6 nitrogen and oxygen atoms in total. The van der Waals surface area contributed by atoms with Gasteiger partial charge in [-0.05, 0) is 55.7 Å². The van der Waals surface area contributed by atoms with Gasteiger partial charge in [0, 0.05) is 0 Å². The minimum absolute atomic E-state index is 0.0564. The van der Waals surface area contributed by atoms with Crippen LogP contribution >= 0.6 is 0 Å². The zero-order valence-electron chi connectivity index (χ0n) is 12.8. The van der Waals surface area contributed by atoms with Crippen LogP contribution in [0.3, 0.4) is 0 Å². The van der Waals surface area contributed by atoms with Gasteiger partial charge in [0.15, 0.2) is 0 Å². The lowest BCUT2D eigenvalue weighted by molar-refractivity contribution is -0.0402. The summed E-state index contributed by atoms with van der Waals surface area (Å²) in [6.07, 6.45) is 2.10. The molecule has 1 heterocycles. The molecule has 0 aromatic heterocycles. The highest BCUT2D eigenvalue weighted by atomic mass is 32.2. The van der Waals surface area contributed by atoms with Gasteiger partial charge in [-0.1, -0.05) is 6.07 Å². The van der Waals surface area contributed by atoms with Gasteiger partial charge in [0.05, 0.1) is 22.6 Å². The molecule has 0 amide bonds. The molecule has 1 aliphatic heterocycles. The Hall–Kier alpha value is -1.60. The van der Waals surface area contributed by atoms with Crippen molar-refractivity contribution in [3.63, 3.8) is 0 Å². The molecular weight excluding hydrogens is 318 g/mol. The van der Waals surface area contributed by atoms with Crippen molar-refractivity contribution in [2.45, 2.75) is 43.6 Å². The topological polar surface area (TPSA) is 92.7 Å². The molecule has 23 heavy (non-hydrogen) atoms. The normalized spacial score (nSPS) is 36.5. The first-order chi connectivity index (χ1) is 10.7. The van der Waals surface area contributed by atoms with Crippen molar-refractivity contribution in [1.82, 2.24) is 0 Å². The molecule has 2 fully saturated rings. The number of nitrogens with one attached hydrogen (secondary N) is 1. The maximum Gasteiger partial charge on any atom is 0.338 e. The first-order valence-electron chi connectivity index (χ1n) is 7.80. The summed E-state index contributed by atoms with van der Waals surface area (Å²) in [6, 6.07) is 4.79. The summed E-state index contributed by atoms with van der Waals surface area (Å²) in [4.78, 5) is 12.3. The van der Waals surface area contributed by atoms with E-state index in [1.54, 1.807) is 12.1 Å². The molecule has 4 rings (SSSR count). The molecule has 2 N–H and O–H groups in total. The molecule has 0 radical (unpaired) electrons. The molecule has 0 unspecified atom stereocenters. The molecule has 124 valence electrons. The van der Waals surface area contributed by atoms with Gasteiger partial charge in [-0.2, -0.15) is 0 Å². The molecule has 2 aliphatic carbocycles. The number of rotatable bonds is 2. The number of ether oxygens (including phenoxy) is 1. The first kappa shape index (κ1) is 15.0. The number of aliphatic hydroxyl groups is 1. The van der Waals surface area contributed by atoms with Gasteiger partial charge in [0.25, 0.3) is 0 Å². The van der Waals surface area contributed by atoms with Crippen molar-refractivity contribution in [3.8, 4) is 0 Å². The van der Waals surface area contributed by atoms with Gasteiger partial charge in [-0.25, -0.2) is 13.2 Å². The SMILES string of the molecule is C[C@@]1(O)C[C@@H]2C[C@H]1C[C@@H]2OC(=O)c1ccc2c(c1)NS(=O)(=O)C2. The highest BCUT2D eigenvalue weighted by Crippen LogP contribution is 2.51. The number of carbonyl (C=O) groups excluding carboxylic acids is 1. The standard InChI is InChI=1S/C16H19NO5S/c1-16(19)7-11-4-12(16)6-14(11)22-15(18)9-2-3-10-8-23(20,21)17-13(10)5-9/h2-3,5,11-12,14,17,19H,4,6-8H2,1H3/t11-,12-,14-,16+/m0/s1. The van der Waals surface area contributed by atoms with Gasteiger partial charge in [-0.15, -0.1) is 0 Å². The second-order valence-corrected chi connectivity index (χ2v) is 8.89. The Kier molecular flexibility index (Phi) is 3.06.